The Morgan fingerprint density at radius 1 is 1.33 bits per heavy atom. The van der Waals surface area contributed by atoms with E-state index in [9.17, 15) is 14.5 Å². The van der Waals surface area contributed by atoms with E-state index in [1.165, 1.54) is 13.0 Å². The van der Waals surface area contributed by atoms with Gasteiger partial charge in [0.05, 0.1) is 15.5 Å². The van der Waals surface area contributed by atoms with Crippen molar-refractivity contribution in [3.8, 4) is 11.5 Å². The first-order valence-electron chi connectivity index (χ1n) is 6.03. The second-order valence-corrected chi connectivity index (χ2v) is 5.25. The summed E-state index contributed by atoms with van der Waals surface area (Å²) in [6.45, 7) is 1.90. The van der Waals surface area contributed by atoms with Crippen LogP contribution in [0.2, 0.25) is 0 Å². The molecular formula is C14H12BrFN2O3. The molecule has 0 spiro atoms. The van der Waals surface area contributed by atoms with E-state index in [-0.39, 0.29) is 11.4 Å². The highest BCUT2D eigenvalue weighted by atomic mass is 79.9. The summed E-state index contributed by atoms with van der Waals surface area (Å²) in [4.78, 5) is 10.1. The Bertz CT molecular complexity index is 707. The zero-order valence-corrected chi connectivity index (χ0v) is 12.7. The minimum Gasteiger partial charge on any atom is -0.453 e. The summed E-state index contributed by atoms with van der Waals surface area (Å²) >= 11 is 3.31. The Balaban J connectivity index is 2.36. The van der Waals surface area contributed by atoms with E-state index >= 15 is 0 Å². The monoisotopic (exact) mass is 354 g/mol. The van der Waals surface area contributed by atoms with Crippen LogP contribution in [0.1, 0.15) is 11.1 Å². The molecule has 0 aliphatic heterocycles. The summed E-state index contributed by atoms with van der Waals surface area (Å²) in [7, 11) is 0. The number of nitrogens with two attached hydrogens (primary N) is 1. The van der Waals surface area contributed by atoms with Crippen molar-refractivity contribution in [2.45, 2.75) is 13.5 Å². The number of nitro benzene ring substituents is 1. The van der Waals surface area contributed by atoms with E-state index in [1.54, 1.807) is 18.2 Å². The van der Waals surface area contributed by atoms with E-state index in [1.807, 2.05) is 0 Å². The number of hydrogen-bond acceptors (Lipinski definition) is 4. The van der Waals surface area contributed by atoms with Crippen LogP contribution >= 0.6 is 15.9 Å². The largest absolute Gasteiger partial charge is 0.453 e. The molecule has 0 unspecified atom stereocenters. The Hall–Kier alpha value is -1.99. The fourth-order valence-corrected chi connectivity index (χ4v) is 2.30. The molecule has 2 aromatic carbocycles. The number of rotatable bonds is 4. The molecule has 0 aliphatic rings. The predicted molar refractivity (Wildman–Crippen MR) is 79.9 cm³/mol. The molecule has 110 valence electrons. The van der Waals surface area contributed by atoms with Crippen molar-refractivity contribution in [3.63, 3.8) is 0 Å². The first kappa shape index (κ1) is 15.4. The normalized spacial score (nSPS) is 10.5. The maximum absolute atomic E-state index is 13.9. The third-order valence-electron chi connectivity index (χ3n) is 2.90. The molecule has 5 nitrogen and oxygen atoms in total. The Morgan fingerprint density at radius 2 is 2.05 bits per heavy atom. The smallest absolute Gasteiger partial charge is 0.275 e. The van der Waals surface area contributed by atoms with Gasteiger partial charge >= 0.3 is 0 Å². The van der Waals surface area contributed by atoms with Gasteiger partial charge in [-0.05, 0) is 46.6 Å². The van der Waals surface area contributed by atoms with Gasteiger partial charge in [-0.25, -0.2) is 4.39 Å². The molecule has 0 aromatic heterocycles. The highest BCUT2D eigenvalue weighted by molar-refractivity contribution is 9.10. The summed E-state index contributed by atoms with van der Waals surface area (Å²) in [5.41, 5.74) is 6.47. The molecule has 7 heteroatoms. The van der Waals surface area contributed by atoms with Crippen LogP contribution < -0.4 is 10.5 Å². The summed E-state index contributed by atoms with van der Waals surface area (Å²) < 4.78 is 20.0. The van der Waals surface area contributed by atoms with Crippen LogP contribution in [-0.4, -0.2) is 4.92 Å². The van der Waals surface area contributed by atoms with E-state index in [2.05, 4.69) is 15.9 Å². The molecule has 0 atom stereocenters. The number of nitrogens with zero attached hydrogens (tertiary/aromatic N) is 1. The van der Waals surface area contributed by atoms with Gasteiger partial charge in [0, 0.05) is 12.1 Å². The molecule has 21 heavy (non-hydrogen) atoms. The van der Waals surface area contributed by atoms with Gasteiger partial charge in [-0.3, -0.25) is 10.1 Å². The number of nitro groups is 1. The average molecular weight is 355 g/mol. The van der Waals surface area contributed by atoms with Gasteiger partial charge in [0.1, 0.15) is 5.75 Å². The lowest BCUT2D eigenvalue weighted by Gasteiger charge is -2.10. The molecule has 2 N–H and O–H groups in total. The van der Waals surface area contributed by atoms with Crippen LogP contribution in [0.3, 0.4) is 0 Å². The van der Waals surface area contributed by atoms with Crippen molar-refractivity contribution < 1.29 is 14.1 Å². The van der Waals surface area contributed by atoms with Crippen LogP contribution in [0.25, 0.3) is 0 Å². The van der Waals surface area contributed by atoms with Gasteiger partial charge in [0.15, 0.2) is 11.6 Å². The van der Waals surface area contributed by atoms with Crippen LogP contribution in [0.4, 0.5) is 10.1 Å². The van der Waals surface area contributed by atoms with Gasteiger partial charge in [0.2, 0.25) is 0 Å². The summed E-state index contributed by atoms with van der Waals surface area (Å²) in [5, 5.41) is 10.7. The first-order chi connectivity index (χ1) is 9.92. The number of hydrogen-bond donors (Lipinski definition) is 1. The van der Waals surface area contributed by atoms with Crippen molar-refractivity contribution in [3.05, 3.63) is 61.9 Å². The highest BCUT2D eigenvalue weighted by Crippen LogP contribution is 2.34. The average Bonchev–Trinajstić information content (AvgIpc) is 2.44. The van der Waals surface area contributed by atoms with Gasteiger partial charge in [0.25, 0.3) is 5.69 Å². The number of aryl methyl sites for hydroxylation is 1. The van der Waals surface area contributed by atoms with E-state index in [0.29, 0.717) is 22.3 Å². The van der Waals surface area contributed by atoms with Crippen LogP contribution in [0.15, 0.2) is 34.8 Å². The number of benzene rings is 2. The molecule has 0 saturated carbocycles. The first-order valence-corrected chi connectivity index (χ1v) is 6.82. The van der Waals surface area contributed by atoms with Crippen molar-refractivity contribution >= 4 is 21.6 Å². The third kappa shape index (κ3) is 3.37. The zero-order valence-electron chi connectivity index (χ0n) is 11.1. The molecule has 0 bridgehead atoms. The molecular weight excluding hydrogens is 343 g/mol. The Labute approximate surface area is 128 Å². The lowest BCUT2D eigenvalue weighted by Crippen LogP contribution is -1.98. The van der Waals surface area contributed by atoms with Crippen molar-refractivity contribution in [1.29, 1.82) is 0 Å². The fraction of sp³-hybridized carbons (Fsp3) is 0.143. The van der Waals surface area contributed by atoms with E-state index < -0.39 is 10.7 Å². The van der Waals surface area contributed by atoms with Crippen molar-refractivity contribution in [2.75, 3.05) is 0 Å². The van der Waals surface area contributed by atoms with Crippen LogP contribution in [-0.2, 0) is 6.54 Å². The third-order valence-corrected chi connectivity index (χ3v) is 3.52. The predicted octanol–water partition coefficient (Wildman–Crippen LogP) is 4.06. The SMILES string of the molecule is Cc1cc(Oc2ccc(CN)cc2Br)c(F)cc1[N+](=O)[O-]. The second kappa shape index (κ2) is 6.19. The summed E-state index contributed by atoms with van der Waals surface area (Å²) in [6.07, 6.45) is 0. The van der Waals surface area contributed by atoms with Crippen LogP contribution in [0.5, 0.6) is 11.5 Å². The van der Waals surface area contributed by atoms with Gasteiger partial charge in [-0.1, -0.05) is 6.07 Å². The summed E-state index contributed by atoms with van der Waals surface area (Å²) in [5.74, 6) is -0.458. The molecule has 2 rings (SSSR count). The maximum Gasteiger partial charge on any atom is 0.275 e. The quantitative estimate of drug-likeness (QED) is 0.663. The van der Waals surface area contributed by atoms with E-state index in [0.717, 1.165) is 11.6 Å². The van der Waals surface area contributed by atoms with Gasteiger partial charge in [-0.15, -0.1) is 0 Å². The highest BCUT2D eigenvalue weighted by Gasteiger charge is 2.17. The second-order valence-electron chi connectivity index (χ2n) is 4.40. The molecule has 0 radical (unpaired) electrons. The number of halogens is 2. The topological polar surface area (TPSA) is 78.4 Å². The molecule has 0 aliphatic carbocycles. The van der Waals surface area contributed by atoms with Gasteiger partial charge < -0.3 is 10.5 Å². The van der Waals surface area contributed by atoms with Crippen molar-refractivity contribution in [2.24, 2.45) is 5.73 Å². The molecule has 2 aromatic rings. The zero-order chi connectivity index (χ0) is 15.6. The standard InChI is InChI=1S/C14H12BrFN2O3/c1-8-4-14(11(16)6-12(8)18(19)20)21-13-3-2-9(7-17)5-10(13)15/h2-6H,7,17H2,1H3. The number of ether oxygens (including phenoxy) is 1. The fourth-order valence-electron chi connectivity index (χ4n) is 1.79. The van der Waals surface area contributed by atoms with Gasteiger partial charge in [-0.2, -0.15) is 0 Å². The molecule has 0 heterocycles. The lowest BCUT2D eigenvalue weighted by molar-refractivity contribution is -0.385. The Kier molecular flexibility index (Phi) is 4.54. The molecule has 0 fully saturated rings. The Morgan fingerprint density at radius 3 is 2.62 bits per heavy atom. The van der Waals surface area contributed by atoms with Crippen molar-refractivity contribution in [1.82, 2.24) is 0 Å². The minimum absolute atomic E-state index is 0.0701. The van der Waals surface area contributed by atoms with E-state index in [4.69, 9.17) is 10.5 Å². The molecule has 0 saturated heterocycles. The minimum atomic E-state index is -0.790. The lowest BCUT2D eigenvalue weighted by atomic mass is 10.2. The summed E-state index contributed by atoms with van der Waals surface area (Å²) in [6, 6.07) is 7.34. The molecule has 0 amide bonds. The maximum atomic E-state index is 13.9. The van der Waals surface area contributed by atoms with Crippen LogP contribution in [0, 0.1) is 22.9 Å².